The third kappa shape index (κ3) is 6.42. The van der Waals surface area contributed by atoms with Crippen LogP contribution in [-0.2, 0) is 14.3 Å². The van der Waals surface area contributed by atoms with E-state index in [1.807, 2.05) is 4.90 Å². The van der Waals surface area contributed by atoms with E-state index in [0.29, 0.717) is 19.4 Å². The summed E-state index contributed by atoms with van der Waals surface area (Å²) in [5.74, 6) is 0.0404. The summed E-state index contributed by atoms with van der Waals surface area (Å²) in [6.07, 6.45) is 8.87. The smallest absolute Gasteiger partial charge is 0.325 e. The normalized spacial score (nSPS) is 21.1. The lowest BCUT2D eigenvalue weighted by molar-refractivity contribution is -0.133. The number of urea groups is 1. The number of morpholine rings is 1. The van der Waals surface area contributed by atoms with Crippen molar-refractivity contribution in [3.8, 4) is 0 Å². The van der Waals surface area contributed by atoms with Crippen LogP contribution in [-0.4, -0.2) is 90.6 Å². The summed E-state index contributed by atoms with van der Waals surface area (Å²) in [4.78, 5) is 43.7. The van der Waals surface area contributed by atoms with Gasteiger partial charge < -0.3 is 15.0 Å². The van der Waals surface area contributed by atoms with Gasteiger partial charge in [-0.2, -0.15) is 0 Å². The number of hydrogen-bond donors (Lipinski definition) is 1. The first-order chi connectivity index (χ1) is 15.1. The molecule has 2 heterocycles. The highest BCUT2D eigenvalue weighted by molar-refractivity contribution is 6.07. The number of nitrogens with zero attached hydrogens (tertiary/aromatic N) is 3. The minimum absolute atomic E-state index is 0.0915. The molecule has 0 aromatic carbocycles. The van der Waals surface area contributed by atoms with Crippen molar-refractivity contribution >= 4 is 17.8 Å². The van der Waals surface area contributed by atoms with Crippen LogP contribution in [0.4, 0.5) is 4.79 Å². The van der Waals surface area contributed by atoms with Crippen molar-refractivity contribution in [1.29, 1.82) is 0 Å². The van der Waals surface area contributed by atoms with Gasteiger partial charge in [-0.15, -0.1) is 0 Å². The van der Waals surface area contributed by atoms with Gasteiger partial charge in [0, 0.05) is 45.7 Å². The van der Waals surface area contributed by atoms with Gasteiger partial charge in [-0.25, -0.2) is 4.79 Å². The Morgan fingerprint density at radius 2 is 1.77 bits per heavy atom. The van der Waals surface area contributed by atoms with Gasteiger partial charge in [-0.05, 0) is 25.7 Å². The average Bonchev–Trinajstić information content (AvgIpc) is 3.34. The van der Waals surface area contributed by atoms with Crippen LogP contribution in [0.5, 0.6) is 0 Å². The molecule has 3 rings (SSSR count). The van der Waals surface area contributed by atoms with Gasteiger partial charge in [0.2, 0.25) is 5.91 Å². The zero-order valence-electron chi connectivity index (χ0n) is 19.2. The molecule has 176 valence electrons. The molecule has 1 N–H and O–H groups in total. The zero-order valence-corrected chi connectivity index (χ0v) is 19.2. The van der Waals surface area contributed by atoms with Crippen LogP contribution in [0.2, 0.25) is 0 Å². The van der Waals surface area contributed by atoms with Crippen molar-refractivity contribution in [3.63, 3.8) is 0 Å². The molecule has 8 heteroatoms. The van der Waals surface area contributed by atoms with Crippen LogP contribution in [0.3, 0.4) is 0 Å². The second-order valence-corrected chi connectivity index (χ2v) is 9.18. The van der Waals surface area contributed by atoms with E-state index in [9.17, 15) is 14.4 Å². The first-order valence-electron chi connectivity index (χ1n) is 12.3. The molecule has 3 fully saturated rings. The maximum Gasteiger partial charge on any atom is 0.325 e. The molecule has 0 atom stereocenters. The topological polar surface area (TPSA) is 82.2 Å². The number of imide groups is 1. The molecule has 0 aromatic heterocycles. The van der Waals surface area contributed by atoms with Crippen molar-refractivity contribution in [2.75, 3.05) is 52.5 Å². The summed E-state index contributed by atoms with van der Waals surface area (Å²) < 4.78 is 5.41. The molecule has 1 aliphatic carbocycles. The number of rotatable bonds is 12. The lowest BCUT2D eigenvalue weighted by atomic mass is 9.98. The Morgan fingerprint density at radius 1 is 1.03 bits per heavy atom. The third-order valence-corrected chi connectivity index (χ3v) is 6.90. The maximum absolute atomic E-state index is 12.9. The lowest BCUT2D eigenvalue weighted by Crippen LogP contribution is -2.44. The molecule has 1 saturated carbocycles. The van der Waals surface area contributed by atoms with Crippen LogP contribution in [0.25, 0.3) is 0 Å². The number of amides is 4. The number of nitrogens with one attached hydrogen (secondary N) is 1. The summed E-state index contributed by atoms with van der Waals surface area (Å²) >= 11 is 0. The molecule has 0 radical (unpaired) electrons. The number of unbranched alkanes of at least 4 members (excludes halogenated alkanes) is 3. The van der Waals surface area contributed by atoms with E-state index in [4.69, 9.17) is 4.74 Å². The molecule has 8 nitrogen and oxygen atoms in total. The summed E-state index contributed by atoms with van der Waals surface area (Å²) in [5, 5.41) is 2.91. The van der Waals surface area contributed by atoms with Gasteiger partial charge in [0.25, 0.3) is 5.91 Å². The SMILES string of the molecule is CCCCCCN(CCN1CCOCC1)C(=O)CCCN1C(=O)NC2(CCCC2)C1=O. The Kier molecular flexibility index (Phi) is 9.14. The van der Waals surface area contributed by atoms with Gasteiger partial charge in [-0.3, -0.25) is 19.4 Å². The predicted molar refractivity (Wildman–Crippen MR) is 119 cm³/mol. The van der Waals surface area contributed by atoms with Crippen LogP contribution in [0.1, 0.15) is 71.1 Å². The fraction of sp³-hybridized carbons (Fsp3) is 0.870. The standard InChI is InChI=1S/C23H40N4O4/c1-2-3-4-7-12-26(15-14-25-16-18-31-19-17-25)20(28)9-8-13-27-21(29)23(24-22(27)30)10-5-6-11-23/h2-19H2,1H3,(H,24,30). The molecular formula is C23H40N4O4. The monoisotopic (exact) mass is 436 g/mol. The zero-order chi connectivity index (χ0) is 22.1. The second-order valence-electron chi connectivity index (χ2n) is 9.18. The van der Waals surface area contributed by atoms with Crippen molar-refractivity contribution in [2.24, 2.45) is 0 Å². The lowest BCUT2D eigenvalue weighted by Gasteiger charge is -2.30. The Bertz CT molecular complexity index is 615. The van der Waals surface area contributed by atoms with Crippen LogP contribution in [0.15, 0.2) is 0 Å². The first-order valence-corrected chi connectivity index (χ1v) is 12.3. The van der Waals surface area contributed by atoms with Crippen LogP contribution in [0, 0.1) is 0 Å². The fourth-order valence-electron chi connectivity index (χ4n) is 4.92. The summed E-state index contributed by atoms with van der Waals surface area (Å²) in [6.45, 7) is 8.27. The molecular weight excluding hydrogens is 396 g/mol. The fourth-order valence-corrected chi connectivity index (χ4v) is 4.92. The van der Waals surface area contributed by atoms with Crippen molar-refractivity contribution in [1.82, 2.24) is 20.0 Å². The number of carbonyl (C=O) groups is 3. The molecule has 0 aromatic rings. The van der Waals surface area contributed by atoms with E-state index in [-0.39, 0.29) is 17.8 Å². The van der Waals surface area contributed by atoms with Crippen LogP contribution >= 0.6 is 0 Å². The average molecular weight is 437 g/mol. The molecule has 2 aliphatic heterocycles. The quantitative estimate of drug-likeness (QED) is 0.375. The summed E-state index contributed by atoms with van der Waals surface area (Å²) in [6, 6.07) is -0.289. The van der Waals surface area contributed by atoms with E-state index in [0.717, 1.165) is 84.5 Å². The van der Waals surface area contributed by atoms with E-state index >= 15 is 0 Å². The van der Waals surface area contributed by atoms with Gasteiger partial charge in [-0.1, -0.05) is 39.0 Å². The van der Waals surface area contributed by atoms with Gasteiger partial charge >= 0.3 is 6.03 Å². The molecule has 2 saturated heterocycles. The Morgan fingerprint density at radius 3 is 2.48 bits per heavy atom. The van der Waals surface area contributed by atoms with E-state index in [1.54, 1.807) is 0 Å². The van der Waals surface area contributed by atoms with Crippen LogP contribution < -0.4 is 5.32 Å². The molecule has 3 aliphatic rings. The van der Waals surface area contributed by atoms with E-state index in [1.165, 1.54) is 17.7 Å². The number of ether oxygens (including phenoxy) is 1. The predicted octanol–water partition coefficient (Wildman–Crippen LogP) is 2.37. The van der Waals surface area contributed by atoms with Crippen molar-refractivity contribution in [2.45, 2.75) is 76.7 Å². The molecule has 0 bridgehead atoms. The molecule has 31 heavy (non-hydrogen) atoms. The Labute approximate surface area is 186 Å². The molecule has 1 spiro atoms. The third-order valence-electron chi connectivity index (χ3n) is 6.90. The van der Waals surface area contributed by atoms with Gasteiger partial charge in [0.05, 0.1) is 13.2 Å². The molecule has 0 unspecified atom stereocenters. The summed E-state index contributed by atoms with van der Waals surface area (Å²) in [5.41, 5.74) is -0.662. The highest BCUT2D eigenvalue weighted by Gasteiger charge is 2.52. The number of hydrogen-bond acceptors (Lipinski definition) is 5. The maximum atomic E-state index is 12.9. The van der Waals surface area contributed by atoms with E-state index in [2.05, 4.69) is 17.1 Å². The Hall–Kier alpha value is -1.67. The van der Waals surface area contributed by atoms with E-state index < -0.39 is 5.54 Å². The highest BCUT2D eigenvalue weighted by Crippen LogP contribution is 2.35. The first kappa shape index (κ1) is 24.0. The largest absolute Gasteiger partial charge is 0.379 e. The van der Waals surface area contributed by atoms with Crippen molar-refractivity contribution < 1.29 is 19.1 Å². The number of carbonyl (C=O) groups excluding carboxylic acids is 3. The second kappa shape index (κ2) is 11.8. The van der Waals surface area contributed by atoms with Crippen molar-refractivity contribution in [3.05, 3.63) is 0 Å². The Balaban J connectivity index is 1.45. The molecule has 4 amide bonds. The minimum atomic E-state index is -0.662. The summed E-state index contributed by atoms with van der Waals surface area (Å²) in [7, 11) is 0. The minimum Gasteiger partial charge on any atom is -0.379 e. The van der Waals surface area contributed by atoms with Gasteiger partial charge in [0.15, 0.2) is 0 Å². The van der Waals surface area contributed by atoms with Gasteiger partial charge in [0.1, 0.15) is 5.54 Å². The highest BCUT2D eigenvalue weighted by atomic mass is 16.5.